The van der Waals surface area contributed by atoms with Gasteiger partial charge in [0.25, 0.3) is 0 Å². The molecule has 0 amide bonds. The van der Waals surface area contributed by atoms with Crippen molar-refractivity contribution in [2.24, 2.45) is 5.73 Å². The fourth-order valence-electron chi connectivity index (χ4n) is 1.61. The molecule has 17 heavy (non-hydrogen) atoms. The van der Waals surface area contributed by atoms with Gasteiger partial charge in [0, 0.05) is 6.54 Å². The maximum Gasteiger partial charge on any atom is 0.133 e. The number of halogens is 1. The van der Waals surface area contributed by atoms with Crippen molar-refractivity contribution >= 4 is 15.9 Å². The Hall–Kier alpha value is -1.32. The van der Waals surface area contributed by atoms with Gasteiger partial charge < -0.3 is 10.5 Å². The molecule has 0 heterocycles. The summed E-state index contributed by atoms with van der Waals surface area (Å²) in [6.45, 7) is 1.07. The quantitative estimate of drug-likeness (QED) is 0.936. The van der Waals surface area contributed by atoms with Gasteiger partial charge in [-0.3, -0.25) is 0 Å². The number of ether oxygens (including phenoxy) is 1. The first kappa shape index (κ1) is 12.1. The van der Waals surface area contributed by atoms with Crippen LogP contribution in [0.4, 0.5) is 0 Å². The third-order valence-electron chi connectivity index (χ3n) is 2.56. The van der Waals surface area contributed by atoms with Gasteiger partial charge in [0.05, 0.1) is 4.47 Å². The zero-order chi connectivity index (χ0) is 12.1. The Labute approximate surface area is 110 Å². The first-order valence-corrected chi connectivity index (χ1v) is 6.24. The van der Waals surface area contributed by atoms with E-state index >= 15 is 0 Å². The second kappa shape index (κ2) is 5.84. The lowest BCUT2D eigenvalue weighted by atomic mass is 10.1. The van der Waals surface area contributed by atoms with E-state index in [9.17, 15) is 0 Å². The molecule has 2 rings (SSSR count). The van der Waals surface area contributed by atoms with Crippen LogP contribution in [-0.2, 0) is 13.2 Å². The van der Waals surface area contributed by atoms with Crippen molar-refractivity contribution in [3.8, 4) is 5.75 Å². The lowest BCUT2D eigenvalue weighted by Crippen LogP contribution is -2.04. The molecule has 0 spiro atoms. The molecule has 0 fully saturated rings. The second-order valence-corrected chi connectivity index (χ2v) is 4.55. The van der Waals surface area contributed by atoms with Gasteiger partial charge in [0.15, 0.2) is 0 Å². The van der Waals surface area contributed by atoms with E-state index in [-0.39, 0.29) is 0 Å². The number of nitrogens with two attached hydrogens (primary N) is 1. The van der Waals surface area contributed by atoms with E-state index in [1.54, 1.807) is 0 Å². The van der Waals surface area contributed by atoms with E-state index in [0.717, 1.165) is 21.3 Å². The number of hydrogen-bond acceptors (Lipinski definition) is 2. The van der Waals surface area contributed by atoms with Gasteiger partial charge in [0.2, 0.25) is 0 Å². The summed E-state index contributed by atoms with van der Waals surface area (Å²) in [5, 5.41) is 0. The zero-order valence-corrected chi connectivity index (χ0v) is 11.0. The molecule has 0 aliphatic heterocycles. The predicted octanol–water partition coefficient (Wildman–Crippen LogP) is 3.49. The van der Waals surface area contributed by atoms with Gasteiger partial charge in [-0.05, 0) is 39.2 Å². The van der Waals surface area contributed by atoms with Crippen LogP contribution in [0.15, 0.2) is 53.0 Å². The molecule has 2 aromatic carbocycles. The molecule has 0 radical (unpaired) electrons. The van der Waals surface area contributed by atoms with Gasteiger partial charge in [-0.2, -0.15) is 0 Å². The average molecular weight is 292 g/mol. The summed E-state index contributed by atoms with van der Waals surface area (Å²) < 4.78 is 6.73. The largest absolute Gasteiger partial charge is 0.488 e. The van der Waals surface area contributed by atoms with Crippen LogP contribution in [0, 0.1) is 0 Å². The van der Waals surface area contributed by atoms with Crippen LogP contribution in [0.2, 0.25) is 0 Å². The van der Waals surface area contributed by atoms with Crippen LogP contribution in [-0.4, -0.2) is 0 Å². The highest BCUT2D eigenvalue weighted by molar-refractivity contribution is 9.10. The van der Waals surface area contributed by atoms with E-state index < -0.39 is 0 Å². The topological polar surface area (TPSA) is 35.2 Å². The maximum atomic E-state index is 5.76. The predicted molar refractivity (Wildman–Crippen MR) is 72.8 cm³/mol. The third kappa shape index (κ3) is 3.08. The summed E-state index contributed by atoms with van der Waals surface area (Å²) >= 11 is 3.46. The van der Waals surface area contributed by atoms with Crippen molar-refractivity contribution in [2.75, 3.05) is 0 Å². The molecule has 0 saturated carbocycles. The Morgan fingerprint density at radius 2 is 1.59 bits per heavy atom. The lowest BCUT2D eigenvalue weighted by molar-refractivity contribution is 0.303. The molecule has 0 aliphatic carbocycles. The minimum absolute atomic E-state index is 0.537. The van der Waals surface area contributed by atoms with Crippen molar-refractivity contribution in [3.05, 3.63) is 64.1 Å². The minimum Gasteiger partial charge on any atom is -0.488 e. The summed E-state index contributed by atoms with van der Waals surface area (Å²) in [6, 6.07) is 15.9. The summed E-state index contributed by atoms with van der Waals surface area (Å²) in [5.41, 5.74) is 7.94. The lowest BCUT2D eigenvalue weighted by Gasteiger charge is -2.10. The molecule has 0 saturated heterocycles. The van der Waals surface area contributed by atoms with Crippen LogP contribution < -0.4 is 10.5 Å². The number of hydrogen-bond donors (Lipinski definition) is 1. The molecule has 0 aromatic heterocycles. The van der Waals surface area contributed by atoms with Crippen LogP contribution in [0.1, 0.15) is 11.1 Å². The average Bonchev–Trinajstić information content (AvgIpc) is 2.38. The third-order valence-corrected chi connectivity index (χ3v) is 3.21. The second-order valence-electron chi connectivity index (χ2n) is 3.69. The Kier molecular flexibility index (Phi) is 4.18. The molecule has 0 atom stereocenters. The van der Waals surface area contributed by atoms with E-state index in [0.29, 0.717) is 13.2 Å². The Morgan fingerprint density at radius 1 is 0.941 bits per heavy atom. The van der Waals surface area contributed by atoms with Gasteiger partial charge in [-0.25, -0.2) is 0 Å². The van der Waals surface area contributed by atoms with E-state index in [4.69, 9.17) is 10.5 Å². The van der Waals surface area contributed by atoms with Crippen molar-refractivity contribution in [3.63, 3.8) is 0 Å². The molecule has 88 valence electrons. The van der Waals surface area contributed by atoms with Crippen molar-refractivity contribution in [1.82, 2.24) is 0 Å². The molecule has 0 unspecified atom stereocenters. The smallest absolute Gasteiger partial charge is 0.133 e. The maximum absolute atomic E-state index is 5.76. The number of benzene rings is 2. The molecular weight excluding hydrogens is 278 g/mol. The summed E-state index contributed by atoms with van der Waals surface area (Å²) in [7, 11) is 0. The Bertz CT molecular complexity index is 499. The standard InChI is InChI=1S/C14H14BrNO/c15-13-7-3-4-8-14(13)17-10-12-6-2-1-5-11(12)9-16/h1-8H,9-10,16H2. The first-order chi connectivity index (χ1) is 8.31. The molecule has 2 nitrogen and oxygen atoms in total. The highest BCUT2D eigenvalue weighted by atomic mass is 79.9. The number of para-hydroxylation sites is 1. The zero-order valence-electron chi connectivity index (χ0n) is 9.40. The van der Waals surface area contributed by atoms with Crippen LogP contribution in [0.25, 0.3) is 0 Å². The minimum atomic E-state index is 0.537. The molecular formula is C14H14BrNO. The summed E-state index contributed by atoms with van der Waals surface area (Å²) in [6.07, 6.45) is 0. The molecule has 3 heteroatoms. The van der Waals surface area contributed by atoms with E-state index in [1.165, 1.54) is 0 Å². The van der Waals surface area contributed by atoms with Crippen LogP contribution in [0.3, 0.4) is 0 Å². The first-order valence-electron chi connectivity index (χ1n) is 5.45. The van der Waals surface area contributed by atoms with E-state index in [1.807, 2.05) is 48.5 Å². The fraction of sp³-hybridized carbons (Fsp3) is 0.143. The monoisotopic (exact) mass is 291 g/mol. The molecule has 0 aliphatic rings. The Balaban J connectivity index is 2.10. The van der Waals surface area contributed by atoms with Crippen molar-refractivity contribution in [1.29, 1.82) is 0 Å². The fourth-order valence-corrected chi connectivity index (χ4v) is 2.01. The molecule has 2 N–H and O–H groups in total. The normalized spacial score (nSPS) is 10.2. The van der Waals surface area contributed by atoms with Gasteiger partial charge in [-0.15, -0.1) is 0 Å². The molecule has 0 bridgehead atoms. The summed E-state index contributed by atoms with van der Waals surface area (Å²) in [5.74, 6) is 0.847. The molecule has 2 aromatic rings. The van der Waals surface area contributed by atoms with Crippen LogP contribution in [0.5, 0.6) is 5.75 Å². The van der Waals surface area contributed by atoms with Crippen LogP contribution >= 0.6 is 15.9 Å². The SMILES string of the molecule is NCc1ccccc1COc1ccccc1Br. The highest BCUT2D eigenvalue weighted by Gasteiger charge is 2.03. The Morgan fingerprint density at radius 3 is 2.29 bits per heavy atom. The van der Waals surface area contributed by atoms with Crippen molar-refractivity contribution < 1.29 is 4.74 Å². The highest BCUT2D eigenvalue weighted by Crippen LogP contribution is 2.25. The van der Waals surface area contributed by atoms with E-state index in [2.05, 4.69) is 15.9 Å². The van der Waals surface area contributed by atoms with Gasteiger partial charge in [-0.1, -0.05) is 36.4 Å². The summed E-state index contributed by atoms with van der Waals surface area (Å²) in [4.78, 5) is 0. The number of rotatable bonds is 4. The van der Waals surface area contributed by atoms with Crippen molar-refractivity contribution in [2.45, 2.75) is 13.2 Å². The van der Waals surface area contributed by atoms with Gasteiger partial charge >= 0.3 is 0 Å². The van der Waals surface area contributed by atoms with Gasteiger partial charge in [0.1, 0.15) is 12.4 Å².